The largest absolute Gasteiger partial charge is 0.495 e. The average Bonchev–Trinajstić information content (AvgIpc) is 2.71. The van der Waals surface area contributed by atoms with Gasteiger partial charge in [0, 0.05) is 23.5 Å². The number of rotatable bonds is 4. The Labute approximate surface area is 118 Å². The van der Waals surface area contributed by atoms with Crippen LogP contribution in [0.2, 0.25) is 0 Å². The molecule has 0 N–H and O–H groups in total. The van der Waals surface area contributed by atoms with E-state index in [0.29, 0.717) is 23.8 Å². The molecule has 0 amide bonds. The smallest absolute Gasteiger partial charge is 0.142 e. The molecule has 20 heavy (non-hydrogen) atoms. The second-order valence-electron chi connectivity index (χ2n) is 5.13. The monoisotopic (exact) mass is 267 g/mol. The fraction of sp³-hybridized carbons (Fsp3) is 0.375. The molecule has 1 aliphatic rings. The molecule has 1 aliphatic carbocycles. The van der Waals surface area contributed by atoms with Crippen molar-refractivity contribution in [3.8, 4) is 11.8 Å². The Morgan fingerprint density at radius 1 is 1.60 bits per heavy atom. The molecule has 0 spiro atoms. The van der Waals surface area contributed by atoms with E-state index in [9.17, 15) is 5.26 Å². The summed E-state index contributed by atoms with van der Waals surface area (Å²) in [5.41, 5.74) is 2.63. The fourth-order valence-corrected chi connectivity index (χ4v) is 2.83. The molecule has 102 valence electrons. The van der Waals surface area contributed by atoms with Crippen LogP contribution in [0.3, 0.4) is 0 Å². The Morgan fingerprint density at radius 3 is 2.95 bits per heavy atom. The Kier molecular flexibility index (Phi) is 3.19. The van der Waals surface area contributed by atoms with E-state index in [4.69, 9.17) is 4.74 Å². The lowest BCUT2D eigenvalue weighted by Gasteiger charge is -2.29. The van der Waals surface area contributed by atoms with Crippen LogP contribution in [0.25, 0.3) is 11.0 Å². The highest BCUT2D eigenvalue weighted by atomic mass is 16.5. The van der Waals surface area contributed by atoms with E-state index in [-0.39, 0.29) is 0 Å². The molecule has 1 saturated carbocycles. The lowest BCUT2D eigenvalue weighted by Crippen LogP contribution is -2.19. The molecule has 0 unspecified atom stereocenters. The molecule has 4 heteroatoms. The molecule has 2 aromatic heterocycles. The van der Waals surface area contributed by atoms with E-state index in [1.807, 2.05) is 12.1 Å². The summed E-state index contributed by atoms with van der Waals surface area (Å²) >= 11 is 0. The van der Waals surface area contributed by atoms with Crippen molar-refractivity contribution in [3.05, 3.63) is 36.2 Å². The van der Waals surface area contributed by atoms with Crippen LogP contribution >= 0.6 is 0 Å². The number of methoxy groups -OCH3 is 1. The summed E-state index contributed by atoms with van der Waals surface area (Å²) in [6, 6.07) is 4.71. The van der Waals surface area contributed by atoms with E-state index < -0.39 is 0 Å². The van der Waals surface area contributed by atoms with Crippen LogP contribution in [0.1, 0.15) is 36.6 Å². The molecular weight excluding hydrogens is 250 g/mol. The van der Waals surface area contributed by atoms with Gasteiger partial charge in [0.2, 0.25) is 0 Å². The zero-order valence-electron chi connectivity index (χ0n) is 11.6. The first kappa shape index (κ1) is 12.7. The highest BCUT2D eigenvalue weighted by molar-refractivity contribution is 5.86. The number of fused-ring (bicyclic) bond motifs is 1. The lowest BCUT2D eigenvalue weighted by atomic mass is 9.92. The third kappa shape index (κ3) is 1.78. The van der Waals surface area contributed by atoms with E-state index in [2.05, 4.69) is 22.2 Å². The number of nitriles is 1. The molecule has 0 aromatic carbocycles. The van der Waals surface area contributed by atoms with E-state index >= 15 is 0 Å². The number of ether oxygens (including phenoxy) is 1. The fourth-order valence-electron chi connectivity index (χ4n) is 2.83. The van der Waals surface area contributed by atoms with Crippen molar-refractivity contribution in [1.29, 1.82) is 5.26 Å². The summed E-state index contributed by atoms with van der Waals surface area (Å²) < 4.78 is 7.46. The van der Waals surface area contributed by atoms with Crippen LogP contribution in [-0.4, -0.2) is 16.7 Å². The first-order valence-electron chi connectivity index (χ1n) is 6.88. The topological polar surface area (TPSA) is 50.8 Å². The molecule has 1 fully saturated rings. The predicted octanol–water partition coefficient (Wildman–Crippen LogP) is 3.37. The normalized spacial score (nSPS) is 14.8. The van der Waals surface area contributed by atoms with Crippen LogP contribution in [0.5, 0.6) is 5.75 Å². The van der Waals surface area contributed by atoms with Crippen molar-refractivity contribution >= 4 is 11.0 Å². The van der Waals surface area contributed by atoms with E-state index in [0.717, 1.165) is 29.6 Å². The average molecular weight is 267 g/mol. The van der Waals surface area contributed by atoms with Gasteiger partial charge in [-0.05, 0) is 25.3 Å². The van der Waals surface area contributed by atoms with Gasteiger partial charge in [-0.3, -0.25) is 0 Å². The van der Waals surface area contributed by atoms with Crippen molar-refractivity contribution in [2.24, 2.45) is 0 Å². The van der Waals surface area contributed by atoms with Crippen molar-refractivity contribution < 1.29 is 4.74 Å². The summed E-state index contributed by atoms with van der Waals surface area (Å²) in [7, 11) is 1.61. The number of hydrogen-bond acceptors (Lipinski definition) is 3. The SMILES string of the molecule is C=CCc1c(C#N)c2cc(OC)cnc2n1C1CCC1. The highest BCUT2D eigenvalue weighted by Crippen LogP contribution is 2.38. The molecular formula is C16H17N3O. The molecule has 0 bridgehead atoms. The molecule has 0 radical (unpaired) electrons. The number of pyridine rings is 1. The van der Waals surface area contributed by atoms with Crippen LogP contribution < -0.4 is 4.74 Å². The van der Waals surface area contributed by atoms with E-state index in [1.165, 1.54) is 6.42 Å². The van der Waals surface area contributed by atoms with Crippen LogP contribution in [0.15, 0.2) is 24.9 Å². The van der Waals surface area contributed by atoms with Gasteiger partial charge in [-0.25, -0.2) is 4.98 Å². The molecule has 2 aromatic rings. The van der Waals surface area contributed by atoms with Crippen LogP contribution in [0, 0.1) is 11.3 Å². The Balaban J connectivity index is 2.30. The summed E-state index contributed by atoms with van der Waals surface area (Å²) in [4.78, 5) is 4.52. The van der Waals surface area contributed by atoms with Gasteiger partial charge in [-0.15, -0.1) is 6.58 Å². The van der Waals surface area contributed by atoms with Crippen molar-refractivity contribution in [1.82, 2.24) is 9.55 Å². The van der Waals surface area contributed by atoms with E-state index in [1.54, 1.807) is 13.3 Å². The number of hydrogen-bond donors (Lipinski definition) is 0. The van der Waals surface area contributed by atoms with Crippen molar-refractivity contribution in [2.45, 2.75) is 31.7 Å². The minimum Gasteiger partial charge on any atom is -0.495 e. The van der Waals surface area contributed by atoms with Crippen LogP contribution in [0.4, 0.5) is 0 Å². The first-order valence-corrected chi connectivity index (χ1v) is 6.88. The second kappa shape index (κ2) is 5.01. The van der Waals surface area contributed by atoms with Crippen molar-refractivity contribution in [2.75, 3.05) is 7.11 Å². The van der Waals surface area contributed by atoms with Gasteiger partial charge in [0.25, 0.3) is 0 Å². The minimum atomic E-state index is 0.468. The van der Waals surface area contributed by atoms with Gasteiger partial charge in [-0.2, -0.15) is 5.26 Å². The number of allylic oxidation sites excluding steroid dienone is 1. The summed E-state index contributed by atoms with van der Waals surface area (Å²) in [6.45, 7) is 3.81. The van der Waals surface area contributed by atoms with Gasteiger partial charge in [-0.1, -0.05) is 6.08 Å². The standard InChI is InChI=1S/C16H17N3O/c1-3-5-15-14(9-17)13-8-12(20-2)10-18-16(13)19(15)11-6-4-7-11/h3,8,10-11H,1,4-7H2,2H3. The van der Waals surface area contributed by atoms with Crippen molar-refractivity contribution in [3.63, 3.8) is 0 Å². The quantitative estimate of drug-likeness (QED) is 0.798. The summed E-state index contributed by atoms with van der Waals surface area (Å²) in [5, 5.41) is 10.4. The molecule has 4 nitrogen and oxygen atoms in total. The zero-order chi connectivity index (χ0) is 14.1. The molecule has 3 rings (SSSR count). The third-order valence-corrected chi connectivity index (χ3v) is 4.04. The van der Waals surface area contributed by atoms with Crippen LogP contribution in [-0.2, 0) is 6.42 Å². The number of aromatic nitrogens is 2. The molecule has 0 saturated heterocycles. The second-order valence-corrected chi connectivity index (χ2v) is 5.13. The van der Waals surface area contributed by atoms with Gasteiger partial charge in [0.15, 0.2) is 0 Å². The van der Waals surface area contributed by atoms with Gasteiger partial charge in [0.05, 0.1) is 18.9 Å². The predicted molar refractivity (Wildman–Crippen MR) is 77.8 cm³/mol. The summed E-state index contributed by atoms with van der Waals surface area (Å²) in [5.74, 6) is 0.685. The Hall–Kier alpha value is -2.28. The molecule has 0 aliphatic heterocycles. The Bertz CT molecular complexity index is 705. The first-order chi connectivity index (χ1) is 9.80. The maximum atomic E-state index is 9.53. The number of nitrogens with zero attached hydrogens (tertiary/aromatic N) is 3. The lowest BCUT2D eigenvalue weighted by molar-refractivity contribution is 0.315. The zero-order valence-corrected chi connectivity index (χ0v) is 11.6. The summed E-state index contributed by atoms with van der Waals surface area (Å²) in [6.07, 6.45) is 7.82. The Morgan fingerprint density at radius 2 is 2.40 bits per heavy atom. The van der Waals surface area contributed by atoms with Gasteiger partial charge < -0.3 is 9.30 Å². The third-order valence-electron chi connectivity index (χ3n) is 4.04. The minimum absolute atomic E-state index is 0.468. The maximum absolute atomic E-state index is 9.53. The molecule has 0 atom stereocenters. The molecule has 2 heterocycles. The highest BCUT2D eigenvalue weighted by Gasteiger charge is 2.27. The van der Waals surface area contributed by atoms with Gasteiger partial charge >= 0.3 is 0 Å². The van der Waals surface area contributed by atoms with Gasteiger partial charge in [0.1, 0.15) is 17.5 Å². The maximum Gasteiger partial charge on any atom is 0.142 e.